The number of benzene rings is 1. The molecule has 1 fully saturated rings. The molecule has 0 aromatic heterocycles. The Morgan fingerprint density at radius 1 is 1.17 bits per heavy atom. The van der Waals surface area contributed by atoms with E-state index in [1.54, 1.807) is 17.0 Å². The lowest BCUT2D eigenvalue weighted by molar-refractivity contribution is -0.133. The van der Waals surface area contributed by atoms with Crippen molar-refractivity contribution < 1.29 is 29.0 Å². The molecule has 8 heteroatoms. The number of alkyl carbamates (subject to hydrolysis) is 1. The van der Waals surface area contributed by atoms with E-state index in [0.717, 1.165) is 5.56 Å². The minimum atomic E-state index is -1.24. The van der Waals surface area contributed by atoms with Crippen LogP contribution in [0, 0.1) is 5.92 Å². The molecule has 0 radical (unpaired) electrons. The highest BCUT2D eigenvalue weighted by Crippen LogP contribution is 2.21. The quantitative estimate of drug-likeness (QED) is 0.728. The monoisotopic (exact) mass is 404 g/mol. The van der Waals surface area contributed by atoms with Crippen molar-refractivity contribution in [2.75, 3.05) is 13.1 Å². The van der Waals surface area contributed by atoms with Crippen molar-refractivity contribution in [3.8, 4) is 0 Å². The number of likely N-dealkylation sites (tertiary alicyclic amines) is 1. The minimum absolute atomic E-state index is 0.0495. The van der Waals surface area contributed by atoms with Gasteiger partial charge in [-0.1, -0.05) is 30.3 Å². The van der Waals surface area contributed by atoms with Gasteiger partial charge in [0.05, 0.1) is 0 Å². The van der Waals surface area contributed by atoms with Gasteiger partial charge in [-0.05, 0) is 51.2 Å². The lowest BCUT2D eigenvalue weighted by Gasteiger charge is -2.32. The average molecular weight is 404 g/mol. The first-order chi connectivity index (χ1) is 13.6. The highest BCUT2D eigenvalue weighted by atomic mass is 16.6. The Morgan fingerprint density at radius 3 is 2.34 bits per heavy atom. The highest BCUT2D eigenvalue weighted by Gasteiger charge is 2.27. The van der Waals surface area contributed by atoms with E-state index in [9.17, 15) is 19.5 Å². The third-order valence-electron chi connectivity index (χ3n) is 4.27. The fraction of sp³-hybridized carbons (Fsp3) is 0.476. The third kappa shape index (κ3) is 7.85. The number of ether oxygens (including phenoxy) is 2. The van der Waals surface area contributed by atoms with E-state index in [2.05, 4.69) is 5.32 Å². The summed E-state index contributed by atoms with van der Waals surface area (Å²) in [4.78, 5) is 37.1. The van der Waals surface area contributed by atoms with Crippen molar-refractivity contribution >= 4 is 18.2 Å². The van der Waals surface area contributed by atoms with E-state index in [-0.39, 0.29) is 24.3 Å². The molecule has 1 saturated heterocycles. The summed E-state index contributed by atoms with van der Waals surface area (Å²) in [5.41, 5.74) is 0.0192. The molecule has 158 valence electrons. The summed E-state index contributed by atoms with van der Waals surface area (Å²) in [5.74, 6) is -1.31. The molecule has 1 aliphatic heterocycles. The molecule has 2 amide bonds. The van der Waals surface area contributed by atoms with Crippen LogP contribution in [0.1, 0.15) is 39.2 Å². The van der Waals surface area contributed by atoms with Crippen LogP contribution in [0.3, 0.4) is 0 Å². The zero-order valence-corrected chi connectivity index (χ0v) is 17.0. The standard InChI is InChI=1S/C21H28N2O6/c1-21(2,3)29-20(27)23-11-9-15(10-12-23)13-17(18(24)25)22-19(26)28-14-16-7-5-4-6-8-16/h4-8,13,15H,9-12,14H2,1-3H3,(H,22,26)(H,24,25)/b17-13+. The topological polar surface area (TPSA) is 105 Å². The summed E-state index contributed by atoms with van der Waals surface area (Å²) in [6, 6.07) is 9.11. The van der Waals surface area contributed by atoms with Gasteiger partial charge in [-0.25, -0.2) is 14.4 Å². The molecule has 0 aliphatic carbocycles. The van der Waals surface area contributed by atoms with Gasteiger partial charge < -0.3 is 19.5 Å². The number of carbonyl (C=O) groups excluding carboxylic acids is 2. The zero-order chi connectivity index (χ0) is 21.4. The van der Waals surface area contributed by atoms with Gasteiger partial charge in [0.25, 0.3) is 0 Å². The number of aliphatic carboxylic acids is 1. The molecule has 0 atom stereocenters. The van der Waals surface area contributed by atoms with Gasteiger partial charge in [0.2, 0.25) is 0 Å². The van der Waals surface area contributed by atoms with E-state index >= 15 is 0 Å². The number of carbonyl (C=O) groups is 3. The molecule has 1 aliphatic rings. The number of nitrogens with zero attached hydrogens (tertiary/aromatic N) is 1. The van der Waals surface area contributed by atoms with Gasteiger partial charge in [0, 0.05) is 13.1 Å². The van der Waals surface area contributed by atoms with Gasteiger partial charge in [0.1, 0.15) is 17.9 Å². The Labute approximate surface area is 170 Å². The van der Waals surface area contributed by atoms with Crippen LogP contribution in [0.15, 0.2) is 42.1 Å². The minimum Gasteiger partial charge on any atom is -0.477 e. The van der Waals surface area contributed by atoms with E-state index in [1.165, 1.54) is 6.08 Å². The maximum absolute atomic E-state index is 12.1. The van der Waals surface area contributed by atoms with Gasteiger partial charge >= 0.3 is 18.2 Å². The van der Waals surface area contributed by atoms with Crippen LogP contribution in [-0.2, 0) is 20.9 Å². The van der Waals surface area contributed by atoms with Crippen LogP contribution in [0.25, 0.3) is 0 Å². The number of carboxylic acids is 1. The number of nitrogens with one attached hydrogen (secondary N) is 1. The highest BCUT2D eigenvalue weighted by molar-refractivity contribution is 5.90. The normalized spacial score (nSPS) is 15.6. The van der Waals surface area contributed by atoms with Gasteiger partial charge in [-0.15, -0.1) is 0 Å². The maximum Gasteiger partial charge on any atom is 0.412 e. The van der Waals surface area contributed by atoms with E-state index in [1.807, 2.05) is 39.0 Å². The van der Waals surface area contributed by atoms with Crippen LogP contribution in [0.2, 0.25) is 0 Å². The molecule has 0 unspecified atom stereocenters. The number of allylic oxidation sites excluding steroid dienone is 1. The molecule has 1 aromatic carbocycles. The molecule has 2 N–H and O–H groups in total. The first-order valence-electron chi connectivity index (χ1n) is 9.55. The van der Waals surface area contributed by atoms with E-state index < -0.39 is 17.7 Å². The third-order valence-corrected chi connectivity index (χ3v) is 4.27. The predicted molar refractivity (Wildman–Crippen MR) is 106 cm³/mol. The summed E-state index contributed by atoms with van der Waals surface area (Å²) in [6.07, 6.45) is 1.47. The Hall–Kier alpha value is -3.03. The van der Waals surface area contributed by atoms with Gasteiger partial charge in [0.15, 0.2) is 0 Å². The SMILES string of the molecule is CC(C)(C)OC(=O)N1CCC(/C=C(/NC(=O)OCc2ccccc2)C(=O)O)CC1. The van der Waals surface area contributed by atoms with Crippen molar-refractivity contribution in [1.82, 2.24) is 10.2 Å². The Morgan fingerprint density at radius 2 is 1.79 bits per heavy atom. The molecule has 29 heavy (non-hydrogen) atoms. The average Bonchev–Trinajstić information content (AvgIpc) is 2.66. The largest absolute Gasteiger partial charge is 0.477 e. The molecule has 0 bridgehead atoms. The second-order valence-corrected chi connectivity index (χ2v) is 7.88. The lowest BCUT2D eigenvalue weighted by atomic mass is 9.96. The van der Waals surface area contributed by atoms with E-state index in [0.29, 0.717) is 25.9 Å². The number of piperidine rings is 1. The summed E-state index contributed by atoms with van der Waals surface area (Å²) in [5, 5.41) is 11.7. The fourth-order valence-corrected chi connectivity index (χ4v) is 2.85. The molecule has 2 rings (SSSR count). The fourth-order valence-electron chi connectivity index (χ4n) is 2.85. The molecule has 1 aromatic rings. The van der Waals surface area contributed by atoms with Crippen LogP contribution < -0.4 is 5.32 Å². The van der Waals surface area contributed by atoms with Crippen LogP contribution >= 0.6 is 0 Å². The molecular weight excluding hydrogens is 376 g/mol. The number of hydrogen-bond donors (Lipinski definition) is 2. The first kappa shape index (κ1) is 22.3. The summed E-state index contributed by atoms with van der Waals surface area (Å²) in [6.45, 7) is 6.39. The van der Waals surface area contributed by atoms with Crippen LogP contribution in [0.4, 0.5) is 9.59 Å². The van der Waals surface area contributed by atoms with Crippen molar-refractivity contribution in [1.29, 1.82) is 0 Å². The van der Waals surface area contributed by atoms with E-state index in [4.69, 9.17) is 9.47 Å². The smallest absolute Gasteiger partial charge is 0.412 e. The summed E-state index contributed by atoms with van der Waals surface area (Å²) >= 11 is 0. The molecule has 0 spiro atoms. The van der Waals surface area contributed by atoms with Gasteiger partial charge in [-0.2, -0.15) is 0 Å². The number of amides is 2. The molecule has 1 heterocycles. The molecular formula is C21H28N2O6. The maximum atomic E-state index is 12.1. The number of hydrogen-bond acceptors (Lipinski definition) is 5. The Balaban J connectivity index is 1.86. The van der Waals surface area contributed by atoms with Crippen molar-refractivity contribution in [2.45, 2.75) is 45.8 Å². The van der Waals surface area contributed by atoms with Gasteiger partial charge in [-0.3, -0.25) is 5.32 Å². The van der Waals surface area contributed by atoms with Crippen LogP contribution in [0.5, 0.6) is 0 Å². The number of rotatable bonds is 5. The van der Waals surface area contributed by atoms with Crippen LogP contribution in [-0.4, -0.2) is 46.9 Å². The van der Waals surface area contributed by atoms with Crippen molar-refractivity contribution in [2.24, 2.45) is 5.92 Å². The molecule has 8 nitrogen and oxygen atoms in total. The Bertz CT molecular complexity index is 746. The zero-order valence-electron chi connectivity index (χ0n) is 17.0. The second-order valence-electron chi connectivity index (χ2n) is 7.88. The molecule has 0 saturated carbocycles. The van der Waals surface area contributed by atoms with Crippen molar-refractivity contribution in [3.05, 3.63) is 47.7 Å². The second kappa shape index (κ2) is 9.95. The Kier molecular flexibility index (Phi) is 7.64. The van der Waals surface area contributed by atoms with Crippen molar-refractivity contribution in [3.63, 3.8) is 0 Å². The predicted octanol–water partition coefficient (Wildman–Crippen LogP) is 3.53. The summed E-state index contributed by atoms with van der Waals surface area (Å²) in [7, 11) is 0. The number of carboxylic acid groups (broad SMARTS) is 1. The summed E-state index contributed by atoms with van der Waals surface area (Å²) < 4.78 is 10.4. The lowest BCUT2D eigenvalue weighted by Crippen LogP contribution is -2.41. The first-order valence-corrected chi connectivity index (χ1v) is 9.55.